The summed E-state index contributed by atoms with van der Waals surface area (Å²) in [5.74, 6) is 0. The van der Waals surface area contributed by atoms with Crippen LogP contribution in [0.25, 0.3) is 0 Å². The van der Waals surface area contributed by atoms with Gasteiger partial charge in [0.1, 0.15) is 0 Å². The van der Waals surface area contributed by atoms with E-state index >= 15 is 0 Å². The quantitative estimate of drug-likeness (QED) is 0.641. The van der Waals surface area contributed by atoms with E-state index in [-0.39, 0.29) is 12.6 Å². The first-order valence-electron chi connectivity index (χ1n) is 4.02. The Balaban J connectivity index is 2.18. The molecule has 0 aromatic carbocycles. The Hall–Kier alpha value is -1.07. The molecule has 0 unspecified atom stereocenters. The molecule has 0 aliphatic heterocycles. The van der Waals surface area contributed by atoms with Crippen LogP contribution in [0.1, 0.15) is 6.42 Å². The molecule has 0 aliphatic rings. The van der Waals surface area contributed by atoms with E-state index in [4.69, 9.17) is 5.11 Å². The minimum atomic E-state index is -0.226. The molecule has 5 heteroatoms. The maximum absolute atomic E-state index is 11.1. The average molecular weight is 200 g/mol. The van der Waals surface area contributed by atoms with E-state index < -0.39 is 0 Å². The summed E-state index contributed by atoms with van der Waals surface area (Å²) in [6.45, 7) is 0.590. The summed E-state index contributed by atoms with van der Waals surface area (Å²) >= 11 is 1.47. The van der Waals surface area contributed by atoms with Gasteiger partial charge in [-0.15, -0.1) is 11.3 Å². The van der Waals surface area contributed by atoms with Crippen LogP contribution in [0.5, 0.6) is 0 Å². The highest BCUT2D eigenvalue weighted by atomic mass is 32.1. The predicted octanol–water partition coefficient (Wildman–Crippen LogP) is 1.25. The van der Waals surface area contributed by atoms with Gasteiger partial charge in [0.25, 0.3) is 0 Å². The minimum absolute atomic E-state index is 0.0965. The second kappa shape index (κ2) is 5.55. The van der Waals surface area contributed by atoms with Crippen molar-refractivity contribution in [2.45, 2.75) is 6.42 Å². The second-order valence-electron chi connectivity index (χ2n) is 2.44. The number of aliphatic hydroxyl groups excluding tert-OH is 1. The Labute approximate surface area is 80.6 Å². The van der Waals surface area contributed by atoms with Gasteiger partial charge in [0, 0.05) is 13.2 Å². The zero-order valence-electron chi connectivity index (χ0n) is 7.12. The van der Waals surface area contributed by atoms with Crippen LogP contribution in [-0.4, -0.2) is 24.3 Å². The highest BCUT2D eigenvalue weighted by Gasteiger charge is 1.99. The number of aliphatic hydroxyl groups is 1. The topological polar surface area (TPSA) is 61.4 Å². The van der Waals surface area contributed by atoms with Gasteiger partial charge in [0.2, 0.25) is 0 Å². The molecule has 0 radical (unpaired) electrons. The van der Waals surface area contributed by atoms with Gasteiger partial charge in [-0.1, -0.05) is 0 Å². The first-order valence-corrected chi connectivity index (χ1v) is 4.90. The van der Waals surface area contributed by atoms with Crippen LogP contribution in [-0.2, 0) is 0 Å². The summed E-state index contributed by atoms with van der Waals surface area (Å²) in [5.41, 5.74) is 0. The molecule has 0 saturated heterocycles. The molecule has 0 spiro atoms. The molecule has 4 nitrogen and oxygen atoms in total. The SMILES string of the molecule is O=C(NCCCO)Nc1cccs1. The van der Waals surface area contributed by atoms with Gasteiger partial charge < -0.3 is 10.4 Å². The lowest BCUT2D eigenvalue weighted by Crippen LogP contribution is -2.29. The van der Waals surface area contributed by atoms with Crippen molar-refractivity contribution >= 4 is 22.4 Å². The smallest absolute Gasteiger partial charge is 0.319 e. The van der Waals surface area contributed by atoms with Crippen LogP contribution in [0.4, 0.5) is 9.80 Å². The maximum atomic E-state index is 11.1. The van der Waals surface area contributed by atoms with Gasteiger partial charge in [-0.25, -0.2) is 4.79 Å². The molecule has 1 aromatic rings. The van der Waals surface area contributed by atoms with Crippen molar-refractivity contribution in [3.63, 3.8) is 0 Å². The van der Waals surface area contributed by atoms with Crippen molar-refractivity contribution in [3.05, 3.63) is 17.5 Å². The third-order valence-corrected chi connectivity index (χ3v) is 2.16. The molecule has 2 amide bonds. The molecular formula is C8H12N2O2S. The number of carbonyl (C=O) groups is 1. The molecule has 0 atom stereocenters. The first kappa shape index (κ1) is 10.0. The van der Waals surface area contributed by atoms with Gasteiger partial charge in [0.05, 0.1) is 5.00 Å². The number of carbonyl (C=O) groups excluding carboxylic acids is 1. The summed E-state index contributed by atoms with van der Waals surface area (Å²) in [7, 11) is 0. The normalized spacial score (nSPS) is 9.62. The van der Waals surface area contributed by atoms with E-state index in [2.05, 4.69) is 10.6 Å². The fourth-order valence-electron chi connectivity index (χ4n) is 0.787. The van der Waals surface area contributed by atoms with Gasteiger partial charge >= 0.3 is 6.03 Å². The van der Waals surface area contributed by atoms with Crippen molar-refractivity contribution in [1.82, 2.24) is 5.32 Å². The molecule has 1 aromatic heterocycles. The summed E-state index contributed by atoms with van der Waals surface area (Å²) in [6, 6.07) is 3.47. The Kier molecular flexibility index (Phi) is 4.28. The highest BCUT2D eigenvalue weighted by Crippen LogP contribution is 2.14. The Morgan fingerprint density at radius 1 is 1.62 bits per heavy atom. The van der Waals surface area contributed by atoms with Crippen molar-refractivity contribution < 1.29 is 9.90 Å². The van der Waals surface area contributed by atoms with Crippen LogP contribution >= 0.6 is 11.3 Å². The predicted molar refractivity (Wildman–Crippen MR) is 53.0 cm³/mol. The molecule has 0 saturated carbocycles. The Morgan fingerprint density at radius 2 is 2.46 bits per heavy atom. The van der Waals surface area contributed by atoms with Crippen LogP contribution in [0.15, 0.2) is 17.5 Å². The van der Waals surface area contributed by atoms with Crippen LogP contribution in [0.3, 0.4) is 0 Å². The fourth-order valence-corrected chi connectivity index (χ4v) is 1.40. The van der Waals surface area contributed by atoms with Crippen molar-refractivity contribution in [3.8, 4) is 0 Å². The number of rotatable bonds is 4. The molecule has 0 bridgehead atoms. The summed E-state index contributed by atoms with van der Waals surface area (Å²) in [6.07, 6.45) is 0.581. The van der Waals surface area contributed by atoms with Crippen LogP contribution in [0.2, 0.25) is 0 Å². The van der Waals surface area contributed by atoms with Crippen LogP contribution in [0, 0.1) is 0 Å². The van der Waals surface area contributed by atoms with Gasteiger partial charge in [-0.3, -0.25) is 5.32 Å². The van der Waals surface area contributed by atoms with E-state index in [0.717, 1.165) is 5.00 Å². The number of nitrogens with one attached hydrogen (secondary N) is 2. The fraction of sp³-hybridized carbons (Fsp3) is 0.375. The van der Waals surface area contributed by atoms with E-state index in [9.17, 15) is 4.79 Å². The second-order valence-corrected chi connectivity index (χ2v) is 3.38. The zero-order valence-corrected chi connectivity index (χ0v) is 7.93. The Morgan fingerprint density at radius 3 is 3.08 bits per heavy atom. The van der Waals surface area contributed by atoms with Gasteiger partial charge in [-0.05, 0) is 23.9 Å². The molecule has 1 rings (SSSR count). The lowest BCUT2D eigenvalue weighted by molar-refractivity contribution is 0.249. The number of hydrogen-bond acceptors (Lipinski definition) is 3. The first-order chi connectivity index (χ1) is 6.33. The summed E-state index contributed by atoms with van der Waals surface area (Å²) < 4.78 is 0. The van der Waals surface area contributed by atoms with Crippen LogP contribution < -0.4 is 10.6 Å². The molecule has 72 valence electrons. The molecule has 13 heavy (non-hydrogen) atoms. The van der Waals surface area contributed by atoms with Gasteiger partial charge in [0.15, 0.2) is 0 Å². The molecule has 3 N–H and O–H groups in total. The molecule has 0 fully saturated rings. The largest absolute Gasteiger partial charge is 0.396 e. The number of amides is 2. The van der Waals surface area contributed by atoms with E-state index in [0.29, 0.717) is 13.0 Å². The standard InChI is InChI=1S/C8H12N2O2S/c11-5-2-4-9-8(12)10-7-3-1-6-13-7/h1,3,6,11H,2,4-5H2,(H2,9,10,12). The van der Waals surface area contributed by atoms with Crippen molar-refractivity contribution in [1.29, 1.82) is 0 Å². The average Bonchev–Trinajstić information content (AvgIpc) is 2.57. The number of hydrogen-bond donors (Lipinski definition) is 3. The summed E-state index contributed by atoms with van der Waals surface area (Å²) in [4.78, 5) is 11.1. The van der Waals surface area contributed by atoms with Gasteiger partial charge in [-0.2, -0.15) is 0 Å². The third-order valence-electron chi connectivity index (χ3n) is 1.38. The molecule has 1 heterocycles. The third kappa shape index (κ3) is 3.91. The lowest BCUT2D eigenvalue weighted by Gasteiger charge is -2.03. The summed E-state index contributed by atoms with van der Waals surface area (Å²) in [5, 5.41) is 16.5. The monoisotopic (exact) mass is 200 g/mol. The Bertz CT molecular complexity index is 249. The molecule has 0 aliphatic carbocycles. The number of urea groups is 1. The van der Waals surface area contributed by atoms with E-state index in [1.54, 1.807) is 0 Å². The maximum Gasteiger partial charge on any atom is 0.319 e. The number of thiophene rings is 1. The highest BCUT2D eigenvalue weighted by molar-refractivity contribution is 7.14. The van der Waals surface area contributed by atoms with Crippen molar-refractivity contribution in [2.24, 2.45) is 0 Å². The van der Waals surface area contributed by atoms with E-state index in [1.807, 2.05) is 17.5 Å². The van der Waals surface area contributed by atoms with E-state index in [1.165, 1.54) is 11.3 Å². The lowest BCUT2D eigenvalue weighted by atomic mass is 10.4. The zero-order chi connectivity index (χ0) is 9.52. The minimum Gasteiger partial charge on any atom is -0.396 e. The van der Waals surface area contributed by atoms with Crippen molar-refractivity contribution in [2.75, 3.05) is 18.5 Å². The number of anilines is 1. The molecular weight excluding hydrogens is 188 g/mol.